The Morgan fingerprint density at radius 1 is 1.43 bits per heavy atom. The van der Waals surface area contributed by atoms with Crippen LogP contribution in [0.5, 0.6) is 5.75 Å². The zero-order chi connectivity index (χ0) is 20.1. The number of aliphatic imine (C=N–C) groups is 1. The van der Waals surface area contributed by atoms with Gasteiger partial charge in [-0.3, -0.25) is 14.5 Å². The van der Waals surface area contributed by atoms with E-state index in [2.05, 4.69) is 20.3 Å². The average Bonchev–Trinajstić information content (AvgIpc) is 3.03. The van der Waals surface area contributed by atoms with Gasteiger partial charge in [0, 0.05) is 48.2 Å². The number of carbonyl (C=O) groups is 1. The number of ether oxygens (including phenoxy) is 1. The number of nitrogens with zero attached hydrogens (tertiary/aromatic N) is 4. The van der Waals surface area contributed by atoms with Crippen LogP contribution in [0.4, 0.5) is 5.69 Å². The number of hydrogen-bond acceptors (Lipinski definition) is 6. The molecule has 28 heavy (non-hydrogen) atoms. The second-order valence-electron chi connectivity index (χ2n) is 6.99. The van der Waals surface area contributed by atoms with Crippen molar-refractivity contribution in [2.24, 2.45) is 10.7 Å². The minimum Gasteiger partial charge on any atom is -0.487 e. The summed E-state index contributed by atoms with van der Waals surface area (Å²) < 4.78 is 7.76. The van der Waals surface area contributed by atoms with Gasteiger partial charge in [-0.05, 0) is 26.2 Å². The number of nitrogens with one attached hydrogen (secondary N) is 1. The molecule has 0 fully saturated rings. The molecule has 0 atom stereocenters. The normalized spacial score (nSPS) is 14.1. The molecular formula is C20H26N6O2. The predicted octanol–water partition coefficient (Wildman–Crippen LogP) is 1.74. The van der Waals surface area contributed by atoms with E-state index in [1.54, 1.807) is 6.20 Å². The van der Waals surface area contributed by atoms with Gasteiger partial charge >= 0.3 is 0 Å². The number of amides is 1. The molecule has 1 amide bonds. The van der Waals surface area contributed by atoms with Crippen molar-refractivity contribution in [2.75, 3.05) is 32.6 Å². The third-order valence-corrected chi connectivity index (χ3v) is 4.28. The van der Waals surface area contributed by atoms with E-state index in [0.29, 0.717) is 30.3 Å². The van der Waals surface area contributed by atoms with Gasteiger partial charge in [-0.25, -0.2) is 0 Å². The molecule has 1 aromatic heterocycles. The number of hydrogen-bond donors (Lipinski definition) is 2. The highest BCUT2D eigenvalue weighted by atomic mass is 16.5. The maximum atomic E-state index is 11.2. The van der Waals surface area contributed by atoms with Gasteiger partial charge in [0.15, 0.2) is 0 Å². The van der Waals surface area contributed by atoms with Crippen LogP contribution < -0.4 is 15.8 Å². The third kappa shape index (κ3) is 5.20. The summed E-state index contributed by atoms with van der Waals surface area (Å²) in [5.74, 6) is 0.598. The van der Waals surface area contributed by atoms with Crippen molar-refractivity contribution in [2.45, 2.75) is 20.0 Å². The molecule has 1 aliphatic heterocycles. The highest BCUT2D eigenvalue weighted by molar-refractivity contribution is 6.01. The molecular weight excluding hydrogens is 356 g/mol. The Bertz CT molecular complexity index is 913. The van der Waals surface area contributed by atoms with E-state index in [4.69, 9.17) is 10.5 Å². The van der Waals surface area contributed by atoms with Gasteiger partial charge in [0.1, 0.15) is 12.4 Å². The first-order valence-electron chi connectivity index (χ1n) is 9.12. The molecule has 148 valence electrons. The average molecular weight is 382 g/mol. The molecule has 0 saturated heterocycles. The third-order valence-electron chi connectivity index (χ3n) is 4.28. The maximum absolute atomic E-state index is 11.2. The van der Waals surface area contributed by atoms with Crippen LogP contribution in [0.1, 0.15) is 18.1 Å². The monoisotopic (exact) mass is 382 g/mol. The fourth-order valence-electron chi connectivity index (χ4n) is 2.77. The van der Waals surface area contributed by atoms with E-state index in [9.17, 15) is 4.79 Å². The summed E-state index contributed by atoms with van der Waals surface area (Å²) in [6.07, 6.45) is 5.52. The highest BCUT2D eigenvalue weighted by Gasteiger charge is 2.12. The van der Waals surface area contributed by atoms with E-state index >= 15 is 0 Å². The Labute approximate surface area is 164 Å². The van der Waals surface area contributed by atoms with E-state index < -0.39 is 0 Å². The number of carbonyl (C=O) groups excluding carboxylic acids is 1. The van der Waals surface area contributed by atoms with Crippen molar-refractivity contribution < 1.29 is 9.53 Å². The van der Waals surface area contributed by atoms with Crippen molar-refractivity contribution in [3.05, 3.63) is 47.8 Å². The summed E-state index contributed by atoms with van der Waals surface area (Å²) in [6.45, 7) is 3.99. The molecule has 3 rings (SSSR count). The maximum Gasteiger partial charge on any atom is 0.221 e. The number of benzene rings is 1. The lowest BCUT2D eigenvalue weighted by atomic mass is 10.2. The molecule has 1 aliphatic rings. The van der Waals surface area contributed by atoms with Gasteiger partial charge in [-0.2, -0.15) is 5.10 Å². The van der Waals surface area contributed by atoms with Gasteiger partial charge < -0.3 is 20.7 Å². The van der Waals surface area contributed by atoms with Crippen LogP contribution in [0.15, 0.2) is 41.7 Å². The summed E-state index contributed by atoms with van der Waals surface area (Å²) in [6, 6.07) is 5.57. The second-order valence-corrected chi connectivity index (χ2v) is 6.99. The predicted molar refractivity (Wildman–Crippen MR) is 110 cm³/mol. The largest absolute Gasteiger partial charge is 0.487 e. The van der Waals surface area contributed by atoms with Crippen LogP contribution in [-0.2, 0) is 17.9 Å². The first-order chi connectivity index (χ1) is 13.4. The molecule has 1 aromatic carbocycles. The van der Waals surface area contributed by atoms with Crippen LogP contribution in [0, 0.1) is 0 Å². The molecule has 3 N–H and O–H groups in total. The summed E-state index contributed by atoms with van der Waals surface area (Å²) in [4.78, 5) is 17.9. The zero-order valence-corrected chi connectivity index (χ0v) is 16.5. The first kappa shape index (κ1) is 19.6. The van der Waals surface area contributed by atoms with Crippen LogP contribution in [-0.4, -0.2) is 53.5 Å². The quantitative estimate of drug-likeness (QED) is 0.793. The van der Waals surface area contributed by atoms with Gasteiger partial charge in [0.2, 0.25) is 5.91 Å². The Kier molecular flexibility index (Phi) is 6.10. The number of aromatic nitrogens is 2. The topological polar surface area (TPSA) is 97.8 Å². The van der Waals surface area contributed by atoms with Crippen molar-refractivity contribution >= 4 is 23.0 Å². The zero-order valence-electron chi connectivity index (χ0n) is 16.5. The molecule has 2 aromatic rings. The van der Waals surface area contributed by atoms with Crippen LogP contribution in [0.25, 0.3) is 5.70 Å². The minimum atomic E-state index is -0.118. The fourth-order valence-corrected chi connectivity index (χ4v) is 2.77. The smallest absolute Gasteiger partial charge is 0.221 e. The van der Waals surface area contributed by atoms with E-state index in [1.165, 1.54) is 6.92 Å². The molecule has 0 bridgehead atoms. The number of fused-ring (bicyclic) bond motifs is 1. The SMILES string of the molecule is CC(=O)Nc1ccc2c(c1)OCC(/C=C(\N)c1cnn(CCN(C)C)c1)=NC2. The van der Waals surface area contributed by atoms with E-state index in [1.807, 2.05) is 49.2 Å². The van der Waals surface area contributed by atoms with Crippen LogP contribution >= 0.6 is 0 Å². The molecule has 0 spiro atoms. The molecule has 0 saturated carbocycles. The second kappa shape index (κ2) is 8.71. The Morgan fingerprint density at radius 3 is 3.00 bits per heavy atom. The molecule has 0 unspecified atom stereocenters. The van der Waals surface area contributed by atoms with Gasteiger partial charge in [-0.1, -0.05) is 6.07 Å². The van der Waals surface area contributed by atoms with E-state index in [-0.39, 0.29) is 5.91 Å². The Morgan fingerprint density at radius 2 is 2.25 bits per heavy atom. The molecule has 0 radical (unpaired) electrons. The van der Waals surface area contributed by atoms with Crippen molar-refractivity contribution in [3.8, 4) is 5.75 Å². The number of nitrogens with two attached hydrogens (primary N) is 1. The highest BCUT2D eigenvalue weighted by Crippen LogP contribution is 2.26. The van der Waals surface area contributed by atoms with Crippen LogP contribution in [0.2, 0.25) is 0 Å². The molecule has 2 heterocycles. The number of likely N-dealkylation sites (N-methyl/N-ethyl adjacent to an activating group) is 1. The van der Waals surface area contributed by atoms with Crippen LogP contribution in [0.3, 0.4) is 0 Å². The lowest BCUT2D eigenvalue weighted by molar-refractivity contribution is -0.114. The fraction of sp³-hybridized carbons (Fsp3) is 0.350. The Hall–Kier alpha value is -3.13. The first-order valence-corrected chi connectivity index (χ1v) is 9.12. The lowest BCUT2D eigenvalue weighted by Gasteiger charge is -2.09. The standard InChI is InChI=1S/C20H26N6O2/c1-14(27)24-17-5-4-15-10-22-18(13-28-20(15)9-17)8-19(21)16-11-23-26(12-16)7-6-25(2)3/h4-5,8-9,11-12H,6-7,10,13,21H2,1-3H3,(H,24,27)/b19-8-. The molecule has 0 aliphatic carbocycles. The number of rotatable bonds is 6. The Balaban J connectivity index is 1.68. The summed E-state index contributed by atoms with van der Waals surface area (Å²) in [5.41, 5.74) is 10.1. The summed E-state index contributed by atoms with van der Waals surface area (Å²) in [7, 11) is 4.06. The van der Waals surface area contributed by atoms with Crippen molar-refractivity contribution in [1.82, 2.24) is 14.7 Å². The molecule has 8 nitrogen and oxygen atoms in total. The van der Waals surface area contributed by atoms with Crippen molar-refractivity contribution in [1.29, 1.82) is 0 Å². The van der Waals surface area contributed by atoms with E-state index in [0.717, 1.165) is 29.9 Å². The number of anilines is 1. The lowest BCUT2D eigenvalue weighted by Crippen LogP contribution is -2.18. The van der Waals surface area contributed by atoms with Gasteiger partial charge in [0.25, 0.3) is 0 Å². The van der Waals surface area contributed by atoms with Crippen molar-refractivity contribution in [3.63, 3.8) is 0 Å². The van der Waals surface area contributed by atoms with Gasteiger partial charge in [0.05, 0.1) is 25.0 Å². The summed E-state index contributed by atoms with van der Waals surface area (Å²) in [5, 5.41) is 7.11. The minimum absolute atomic E-state index is 0.118. The van der Waals surface area contributed by atoms with Gasteiger partial charge in [-0.15, -0.1) is 0 Å². The summed E-state index contributed by atoms with van der Waals surface area (Å²) >= 11 is 0. The molecule has 8 heteroatoms.